The monoisotopic (exact) mass is 763 g/mol. The molecule has 3 fully saturated rings. The van der Waals surface area contributed by atoms with E-state index in [9.17, 15) is 32.4 Å². The van der Waals surface area contributed by atoms with Crippen molar-refractivity contribution in [2.24, 2.45) is 5.92 Å². The minimum atomic E-state index is -4.01. The minimum Gasteiger partial charge on any atom is -0.483 e. The van der Waals surface area contributed by atoms with Gasteiger partial charge in [0.05, 0.1) is 16.8 Å². The van der Waals surface area contributed by atoms with Crippen molar-refractivity contribution in [1.82, 2.24) is 25.2 Å². The summed E-state index contributed by atoms with van der Waals surface area (Å²) in [5, 5.41) is 6.49. The summed E-state index contributed by atoms with van der Waals surface area (Å²) < 4.78 is 39.8. The highest BCUT2D eigenvalue weighted by Crippen LogP contribution is 2.49. The van der Waals surface area contributed by atoms with Gasteiger partial charge < -0.3 is 25.0 Å². The summed E-state index contributed by atoms with van der Waals surface area (Å²) in [7, 11) is -4.01. The number of aldehydes is 1. The Kier molecular flexibility index (Phi) is 9.54. The SMILES string of the molecule is CC(C)(C)OC(=O)NC1CCCCCC=CC2CC2(C(=O)NS(=O)(=O)C2(C)CC2)NC(=O)C2CC3(CCc4c(c(C=O)nc5ccccc45)O3)CN2C1=O. The highest BCUT2D eigenvalue weighted by molar-refractivity contribution is 7.91. The Balaban J connectivity index is 1.24. The van der Waals surface area contributed by atoms with Crippen LogP contribution in [0.3, 0.4) is 0 Å². The number of sulfonamides is 1. The van der Waals surface area contributed by atoms with Gasteiger partial charge >= 0.3 is 6.09 Å². The predicted octanol–water partition coefficient (Wildman–Crippen LogP) is 4.00. The molecule has 2 saturated carbocycles. The van der Waals surface area contributed by atoms with Crippen LogP contribution in [-0.4, -0.2) is 88.5 Å². The molecular formula is C39H49N5O9S. The topological polar surface area (TPSA) is 190 Å². The van der Waals surface area contributed by atoms with Crippen LogP contribution in [0.2, 0.25) is 0 Å². The molecule has 5 unspecified atom stereocenters. The second-order valence-corrected chi connectivity index (χ2v) is 19.0. The quantitative estimate of drug-likeness (QED) is 0.297. The maximum absolute atomic E-state index is 14.7. The third-order valence-corrected chi connectivity index (χ3v) is 13.7. The second-order valence-electron chi connectivity index (χ2n) is 16.8. The number of ether oxygens (including phenoxy) is 2. The van der Waals surface area contributed by atoms with Gasteiger partial charge in [-0.25, -0.2) is 18.2 Å². The molecule has 2 aromatic rings. The summed E-state index contributed by atoms with van der Waals surface area (Å²) in [6, 6.07) is 5.26. The molecule has 4 heterocycles. The van der Waals surface area contributed by atoms with Gasteiger partial charge in [0, 0.05) is 23.3 Å². The second kappa shape index (κ2) is 13.6. The molecule has 2 aliphatic carbocycles. The van der Waals surface area contributed by atoms with Crippen LogP contribution in [0.1, 0.15) is 108 Å². The number of nitrogens with one attached hydrogen (secondary N) is 3. The molecule has 1 spiro atoms. The van der Waals surface area contributed by atoms with E-state index in [4.69, 9.17) is 9.47 Å². The number of carbonyl (C=O) groups excluding carboxylic acids is 5. The predicted molar refractivity (Wildman–Crippen MR) is 198 cm³/mol. The molecule has 5 aliphatic rings. The van der Waals surface area contributed by atoms with E-state index >= 15 is 0 Å². The first-order valence-electron chi connectivity index (χ1n) is 18.9. The van der Waals surface area contributed by atoms with Gasteiger partial charge in [-0.1, -0.05) is 43.2 Å². The van der Waals surface area contributed by atoms with Gasteiger partial charge in [0.2, 0.25) is 21.8 Å². The van der Waals surface area contributed by atoms with Crippen molar-refractivity contribution in [3.8, 4) is 5.75 Å². The van der Waals surface area contributed by atoms with Gasteiger partial charge in [0.25, 0.3) is 5.91 Å². The van der Waals surface area contributed by atoms with Gasteiger partial charge in [0.15, 0.2) is 12.0 Å². The molecule has 15 heteroatoms. The number of fused-ring (bicyclic) bond motifs is 5. The van der Waals surface area contributed by atoms with Gasteiger partial charge in [-0.15, -0.1) is 0 Å². The van der Waals surface area contributed by atoms with Crippen LogP contribution in [0.5, 0.6) is 5.75 Å². The van der Waals surface area contributed by atoms with Gasteiger partial charge in [-0.3, -0.25) is 23.9 Å². The largest absolute Gasteiger partial charge is 0.483 e. The highest BCUT2D eigenvalue weighted by Gasteiger charge is 2.64. The molecule has 0 bridgehead atoms. The zero-order valence-corrected chi connectivity index (χ0v) is 32.1. The lowest BCUT2D eigenvalue weighted by molar-refractivity contribution is -0.141. The number of hydrogen-bond donors (Lipinski definition) is 3. The van der Waals surface area contributed by atoms with E-state index in [1.807, 2.05) is 36.4 Å². The average Bonchev–Trinajstić information content (AvgIpc) is 4.00. The number of carbonyl (C=O) groups is 5. The first kappa shape index (κ1) is 37.8. The van der Waals surface area contributed by atoms with Gasteiger partial charge in [-0.05, 0) is 85.1 Å². The van der Waals surface area contributed by atoms with Crippen LogP contribution in [0.4, 0.5) is 4.79 Å². The summed E-state index contributed by atoms with van der Waals surface area (Å²) >= 11 is 0. The molecule has 1 aromatic carbocycles. The number of para-hydroxylation sites is 1. The maximum atomic E-state index is 14.7. The Hall–Kier alpha value is -4.53. The first-order valence-corrected chi connectivity index (χ1v) is 20.4. The number of pyridine rings is 1. The number of nitrogens with zero attached hydrogens (tertiary/aromatic N) is 2. The Bertz CT molecular complexity index is 2040. The van der Waals surface area contributed by atoms with E-state index < -0.39 is 73.3 Å². The molecule has 14 nitrogen and oxygen atoms in total. The van der Waals surface area contributed by atoms with Crippen LogP contribution >= 0.6 is 0 Å². The van der Waals surface area contributed by atoms with Crippen molar-refractivity contribution in [3.63, 3.8) is 0 Å². The highest BCUT2D eigenvalue weighted by atomic mass is 32.2. The number of hydrogen-bond acceptors (Lipinski definition) is 10. The molecule has 5 atom stereocenters. The summed E-state index contributed by atoms with van der Waals surface area (Å²) in [5.41, 5.74) is -1.91. The van der Waals surface area contributed by atoms with Gasteiger partial charge in [0.1, 0.15) is 34.5 Å². The number of aromatic nitrogens is 1. The Labute approximate surface area is 315 Å². The minimum absolute atomic E-state index is 0.0167. The van der Waals surface area contributed by atoms with Crippen LogP contribution in [0.25, 0.3) is 10.9 Å². The fourth-order valence-corrected chi connectivity index (χ4v) is 9.35. The summed E-state index contributed by atoms with van der Waals surface area (Å²) in [6.45, 7) is 6.70. The lowest BCUT2D eigenvalue weighted by Crippen LogP contribution is -2.58. The molecule has 1 saturated heterocycles. The number of aryl methyl sites for hydroxylation is 1. The molecule has 3 N–H and O–H groups in total. The summed E-state index contributed by atoms with van der Waals surface area (Å²) in [4.78, 5) is 74.5. The van der Waals surface area contributed by atoms with Gasteiger partial charge in [-0.2, -0.15) is 0 Å². The smallest absolute Gasteiger partial charge is 0.408 e. The third-order valence-electron chi connectivity index (χ3n) is 11.5. The molecule has 290 valence electrons. The van der Waals surface area contributed by atoms with Crippen molar-refractivity contribution in [1.29, 1.82) is 0 Å². The van der Waals surface area contributed by atoms with E-state index in [1.165, 1.54) is 4.90 Å². The zero-order valence-electron chi connectivity index (χ0n) is 31.2. The van der Waals surface area contributed by atoms with Crippen molar-refractivity contribution in [3.05, 3.63) is 47.7 Å². The summed E-state index contributed by atoms with van der Waals surface area (Å²) in [6.07, 6.45) is 8.71. The Morgan fingerprint density at radius 3 is 2.57 bits per heavy atom. The van der Waals surface area contributed by atoms with Crippen LogP contribution in [0.15, 0.2) is 36.4 Å². The normalized spacial score (nSPS) is 29.3. The average molecular weight is 764 g/mol. The number of allylic oxidation sites excluding steroid dienone is 1. The molecule has 0 radical (unpaired) electrons. The Morgan fingerprint density at radius 1 is 1.09 bits per heavy atom. The fourth-order valence-electron chi connectivity index (χ4n) is 8.04. The molecular weight excluding hydrogens is 715 g/mol. The van der Waals surface area contributed by atoms with E-state index in [0.717, 1.165) is 23.8 Å². The lowest BCUT2D eigenvalue weighted by atomic mass is 9.87. The van der Waals surface area contributed by atoms with Crippen molar-refractivity contribution < 1.29 is 41.9 Å². The molecule has 54 heavy (non-hydrogen) atoms. The van der Waals surface area contributed by atoms with E-state index in [2.05, 4.69) is 20.3 Å². The first-order chi connectivity index (χ1) is 25.5. The molecule has 3 aliphatic heterocycles. The number of amides is 4. The zero-order chi connectivity index (χ0) is 38.7. The number of alkyl carbamates (subject to hydrolysis) is 1. The fraction of sp³-hybridized carbons (Fsp3) is 0.590. The van der Waals surface area contributed by atoms with E-state index in [1.54, 1.807) is 27.7 Å². The number of benzene rings is 1. The molecule has 4 amide bonds. The lowest BCUT2D eigenvalue weighted by Gasteiger charge is -2.36. The van der Waals surface area contributed by atoms with Crippen LogP contribution < -0.4 is 20.1 Å². The van der Waals surface area contributed by atoms with E-state index in [0.29, 0.717) is 62.5 Å². The summed E-state index contributed by atoms with van der Waals surface area (Å²) in [5.74, 6) is -2.12. The molecule has 1 aromatic heterocycles. The van der Waals surface area contributed by atoms with Crippen LogP contribution in [-0.2, 0) is 35.6 Å². The Morgan fingerprint density at radius 2 is 1.85 bits per heavy atom. The number of rotatable bonds is 5. The van der Waals surface area contributed by atoms with Crippen molar-refractivity contribution in [2.45, 2.75) is 132 Å². The molecule has 7 rings (SSSR count). The van der Waals surface area contributed by atoms with E-state index in [-0.39, 0.29) is 25.1 Å². The van der Waals surface area contributed by atoms with Crippen LogP contribution in [0, 0.1) is 5.92 Å². The van der Waals surface area contributed by atoms with Crippen molar-refractivity contribution in [2.75, 3.05) is 6.54 Å². The standard InChI is InChI=1S/C39H49N5O9S/c1-36(2,3)53-35(49)41-28-15-9-7-5-6-8-12-24-20-39(24,34(48)43-54(50,51)37(4)18-19-37)42-32(46)30-21-38(23-44(30)33(28)47)17-16-26-25-13-10-11-14-27(25)40-29(22-45)31(26)52-38/h8,10-14,22,24,28,30H,5-7,9,15-21,23H2,1-4H3,(H,41,49)(H,42,46)(H,43,48). The van der Waals surface area contributed by atoms with Crippen molar-refractivity contribution >= 4 is 51.0 Å². The third kappa shape index (κ3) is 7.18. The maximum Gasteiger partial charge on any atom is 0.408 e.